The monoisotopic (exact) mass is 294 g/mol. The SMILES string of the molecule is CN(C(=O)N[C@@H](C(=O)O)c1ccccc1)C1CCSC1. The van der Waals surface area contributed by atoms with Crippen molar-refractivity contribution in [2.24, 2.45) is 0 Å². The number of nitrogens with zero attached hydrogens (tertiary/aromatic N) is 1. The Morgan fingerprint density at radius 2 is 2.10 bits per heavy atom. The molecule has 2 N–H and O–H groups in total. The van der Waals surface area contributed by atoms with Crippen LogP contribution in [0.15, 0.2) is 30.3 Å². The standard InChI is InChI=1S/C14H18N2O3S/c1-16(11-7-8-20-9-11)14(19)15-12(13(17)18)10-5-3-2-4-6-10/h2-6,11-12H,7-9H2,1H3,(H,15,19)(H,17,18)/t11?,12-/m1/s1. The smallest absolute Gasteiger partial charge is 0.330 e. The van der Waals surface area contributed by atoms with Crippen LogP contribution in [0, 0.1) is 0 Å². The summed E-state index contributed by atoms with van der Waals surface area (Å²) in [5.41, 5.74) is 0.572. The molecular formula is C14H18N2O3S. The number of urea groups is 1. The number of thioether (sulfide) groups is 1. The predicted octanol–water partition coefficient (Wildman–Crippen LogP) is 1.96. The zero-order chi connectivity index (χ0) is 14.5. The number of hydrogen-bond donors (Lipinski definition) is 2. The number of carboxylic acids is 1. The lowest BCUT2D eigenvalue weighted by molar-refractivity contribution is -0.139. The van der Waals surface area contributed by atoms with Gasteiger partial charge in [-0.15, -0.1) is 0 Å². The molecule has 1 unspecified atom stereocenters. The number of carboxylic acid groups (broad SMARTS) is 1. The maximum absolute atomic E-state index is 12.2. The quantitative estimate of drug-likeness (QED) is 0.890. The van der Waals surface area contributed by atoms with E-state index in [0.29, 0.717) is 5.56 Å². The molecule has 5 nitrogen and oxygen atoms in total. The lowest BCUT2D eigenvalue weighted by atomic mass is 10.1. The van der Waals surface area contributed by atoms with E-state index >= 15 is 0 Å². The first-order chi connectivity index (χ1) is 9.59. The average Bonchev–Trinajstić information content (AvgIpc) is 2.98. The summed E-state index contributed by atoms with van der Waals surface area (Å²) in [6.45, 7) is 0. The van der Waals surface area contributed by atoms with Crippen molar-refractivity contribution in [3.8, 4) is 0 Å². The maximum atomic E-state index is 12.2. The molecule has 0 aliphatic carbocycles. The Balaban J connectivity index is 2.04. The van der Waals surface area contributed by atoms with E-state index in [9.17, 15) is 14.7 Å². The number of aliphatic carboxylic acids is 1. The number of nitrogens with one attached hydrogen (secondary N) is 1. The summed E-state index contributed by atoms with van der Waals surface area (Å²) in [7, 11) is 1.72. The molecule has 0 aromatic heterocycles. The number of hydrogen-bond acceptors (Lipinski definition) is 3. The van der Waals surface area contributed by atoms with Crippen molar-refractivity contribution in [2.45, 2.75) is 18.5 Å². The van der Waals surface area contributed by atoms with Crippen molar-refractivity contribution in [3.63, 3.8) is 0 Å². The summed E-state index contributed by atoms with van der Waals surface area (Å²) >= 11 is 1.81. The van der Waals surface area contributed by atoms with Crippen LogP contribution in [0.2, 0.25) is 0 Å². The molecule has 20 heavy (non-hydrogen) atoms. The number of carbonyl (C=O) groups is 2. The van der Waals surface area contributed by atoms with Crippen LogP contribution in [0.4, 0.5) is 4.79 Å². The lowest BCUT2D eigenvalue weighted by Gasteiger charge is -2.26. The Morgan fingerprint density at radius 1 is 1.40 bits per heavy atom. The Labute approximate surface area is 122 Å². The van der Waals surface area contributed by atoms with E-state index in [1.807, 2.05) is 17.8 Å². The van der Waals surface area contributed by atoms with Gasteiger partial charge in [-0.3, -0.25) is 0 Å². The summed E-state index contributed by atoms with van der Waals surface area (Å²) in [5, 5.41) is 11.9. The largest absolute Gasteiger partial charge is 0.479 e. The normalized spacial score (nSPS) is 19.4. The molecule has 0 bridgehead atoms. The van der Waals surface area contributed by atoms with Gasteiger partial charge < -0.3 is 15.3 Å². The molecule has 1 saturated heterocycles. The lowest BCUT2D eigenvalue weighted by Crippen LogP contribution is -2.46. The third-order valence-corrected chi connectivity index (χ3v) is 4.57. The fraction of sp³-hybridized carbons (Fsp3) is 0.429. The number of benzene rings is 1. The fourth-order valence-corrected chi connectivity index (χ4v) is 3.42. The second-order valence-corrected chi connectivity index (χ2v) is 5.91. The van der Waals surface area contributed by atoms with Gasteiger partial charge in [-0.05, 0) is 17.7 Å². The molecule has 1 heterocycles. The third kappa shape index (κ3) is 3.45. The number of carbonyl (C=O) groups excluding carboxylic acids is 1. The fourth-order valence-electron chi connectivity index (χ4n) is 2.15. The molecule has 0 radical (unpaired) electrons. The van der Waals surface area contributed by atoms with Gasteiger partial charge in [0, 0.05) is 18.8 Å². The van der Waals surface area contributed by atoms with E-state index in [4.69, 9.17) is 0 Å². The number of amides is 2. The van der Waals surface area contributed by atoms with E-state index in [1.165, 1.54) is 0 Å². The molecule has 2 amide bonds. The molecule has 1 fully saturated rings. The van der Waals surface area contributed by atoms with Gasteiger partial charge in [-0.2, -0.15) is 11.8 Å². The first kappa shape index (κ1) is 14.7. The van der Waals surface area contributed by atoms with E-state index in [0.717, 1.165) is 17.9 Å². The van der Waals surface area contributed by atoms with Gasteiger partial charge >= 0.3 is 12.0 Å². The van der Waals surface area contributed by atoms with Crippen molar-refractivity contribution in [1.82, 2.24) is 10.2 Å². The van der Waals surface area contributed by atoms with Gasteiger partial charge in [0.1, 0.15) is 0 Å². The molecule has 6 heteroatoms. The van der Waals surface area contributed by atoms with Crippen molar-refractivity contribution in [2.75, 3.05) is 18.6 Å². The van der Waals surface area contributed by atoms with Gasteiger partial charge in [-0.25, -0.2) is 9.59 Å². The molecule has 1 aromatic carbocycles. The summed E-state index contributed by atoms with van der Waals surface area (Å²) in [4.78, 5) is 25.1. The van der Waals surface area contributed by atoms with Crippen LogP contribution in [0.3, 0.4) is 0 Å². The van der Waals surface area contributed by atoms with Crippen LogP contribution in [-0.4, -0.2) is 46.6 Å². The van der Waals surface area contributed by atoms with Gasteiger partial charge in [0.25, 0.3) is 0 Å². The molecule has 0 saturated carbocycles. The van der Waals surface area contributed by atoms with Crippen LogP contribution >= 0.6 is 11.8 Å². The van der Waals surface area contributed by atoms with E-state index < -0.39 is 12.0 Å². The molecule has 1 aliphatic rings. The van der Waals surface area contributed by atoms with E-state index in [-0.39, 0.29) is 12.1 Å². The minimum absolute atomic E-state index is 0.185. The van der Waals surface area contributed by atoms with Crippen LogP contribution in [0.25, 0.3) is 0 Å². The first-order valence-electron chi connectivity index (χ1n) is 6.48. The van der Waals surface area contributed by atoms with Crippen LogP contribution < -0.4 is 5.32 Å². The molecule has 0 spiro atoms. The minimum atomic E-state index is -1.06. The van der Waals surface area contributed by atoms with Crippen molar-refractivity contribution < 1.29 is 14.7 Å². The topological polar surface area (TPSA) is 69.6 Å². The summed E-state index contributed by atoms with van der Waals surface area (Å²) in [6, 6.07) is 7.56. The minimum Gasteiger partial charge on any atom is -0.479 e. The Hall–Kier alpha value is -1.69. The predicted molar refractivity (Wildman–Crippen MR) is 78.8 cm³/mol. The second kappa shape index (κ2) is 6.65. The van der Waals surface area contributed by atoms with Gasteiger partial charge in [0.2, 0.25) is 0 Å². The third-order valence-electron chi connectivity index (χ3n) is 3.42. The molecule has 1 aliphatic heterocycles. The van der Waals surface area contributed by atoms with Crippen LogP contribution in [0.5, 0.6) is 0 Å². The van der Waals surface area contributed by atoms with Crippen molar-refractivity contribution >= 4 is 23.8 Å². The highest BCUT2D eigenvalue weighted by Gasteiger charge is 2.28. The van der Waals surface area contributed by atoms with Gasteiger partial charge in [0.15, 0.2) is 6.04 Å². The van der Waals surface area contributed by atoms with E-state index in [2.05, 4.69) is 5.32 Å². The highest BCUT2D eigenvalue weighted by molar-refractivity contribution is 7.99. The number of rotatable bonds is 4. The highest BCUT2D eigenvalue weighted by Crippen LogP contribution is 2.22. The molecule has 1 aromatic rings. The summed E-state index contributed by atoms with van der Waals surface area (Å²) in [6.07, 6.45) is 0.956. The van der Waals surface area contributed by atoms with Crippen LogP contribution in [0.1, 0.15) is 18.0 Å². The Morgan fingerprint density at radius 3 is 2.65 bits per heavy atom. The van der Waals surface area contributed by atoms with Gasteiger partial charge in [0.05, 0.1) is 0 Å². The molecule has 2 rings (SSSR count). The van der Waals surface area contributed by atoms with Gasteiger partial charge in [-0.1, -0.05) is 30.3 Å². The zero-order valence-corrected chi connectivity index (χ0v) is 12.1. The molecule has 2 atom stereocenters. The van der Waals surface area contributed by atoms with Crippen LogP contribution in [-0.2, 0) is 4.79 Å². The Kier molecular flexibility index (Phi) is 4.89. The summed E-state index contributed by atoms with van der Waals surface area (Å²) < 4.78 is 0. The first-order valence-corrected chi connectivity index (χ1v) is 7.64. The summed E-state index contributed by atoms with van der Waals surface area (Å²) in [5.74, 6) is 0.898. The average molecular weight is 294 g/mol. The highest BCUT2D eigenvalue weighted by atomic mass is 32.2. The Bertz CT molecular complexity index is 475. The van der Waals surface area contributed by atoms with Crippen molar-refractivity contribution in [3.05, 3.63) is 35.9 Å². The maximum Gasteiger partial charge on any atom is 0.330 e. The molecular weight excluding hydrogens is 276 g/mol. The molecule has 108 valence electrons. The van der Waals surface area contributed by atoms with Crippen molar-refractivity contribution in [1.29, 1.82) is 0 Å². The van der Waals surface area contributed by atoms with E-state index in [1.54, 1.807) is 36.2 Å². The zero-order valence-electron chi connectivity index (χ0n) is 11.3. The second-order valence-electron chi connectivity index (χ2n) is 4.76.